The van der Waals surface area contributed by atoms with Crippen LogP contribution < -0.4 is 0 Å². The maximum Gasteiger partial charge on any atom is 0.205 e. The monoisotopic (exact) mass is 53.0 g/mol. The molecule has 0 radical (unpaired) electrons. The van der Waals surface area contributed by atoms with Gasteiger partial charge in [0.2, 0.25) is 7.85 Å². The second-order valence-electron chi connectivity index (χ2n) is 0.474. The third-order valence-electron chi connectivity index (χ3n) is 0.158. The van der Waals surface area contributed by atoms with Crippen molar-refractivity contribution in [2.75, 3.05) is 6.44 Å². The van der Waals surface area contributed by atoms with Crippen LogP contribution in [0.2, 0.25) is 0 Å². The second kappa shape index (κ2) is 2.55. The molecule has 0 heterocycles. The van der Waals surface area contributed by atoms with Crippen molar-refractivity contribution < 1.29 is 0 Å². The summed E-state index contributed by atoms with van der Waals surface area (Å²) in [6.07, 6.45) is 0.611. The predicted molar refractivity (Wildman–Crippen MR) is 20.0 cm³/mol. The van der Waals surface area contributed by atoms with E-state index in [1.807, 2.05) is 7.85 Å². The smallest absolute Gasteiger partial charge is 0.205 e. The van der Waals surface area contributed by atoms with Gasteiger partial charge in [0, 0.05) is 0 Å². The standard InChI is InChI=1S/C2H4BN/c1-4-2-3/h2-3H2. The molecule has 0 spiro atoms. The Balaban J connectivity index is 2.43. The molecule has 4 heavy (non-hydrogen) atoms. The fourth-order valence-electron chi connectivity index (χ4n) is 0. The zero-order valence-electron chi connectivity index (χ0n) is 2.65. The first kappa shape index (κ1) is 3.55. The average molecular weight is 52.9 g/mol. The minimum Gasteiger partial charge on any atom is -0.328 e. The summed E-state index contributed by atoms with van der Waals surface area (Å²) in [5, 5.41) is 0. The summed E-state index contributed by atoms with van der Waals surface area (Å²) in [6.45, 7) is 6.08. The maximum atomic E-state index is 6.08. The molecular weight excluding hydrogens is 48.8 g/mol. The van der Waals surface area contributed by atoms with Crippen molar-refractivity contribution in [3.05, 3.63) is 11.4 Å². The topological polar surface area (TPSA) is 4.36 Å². The maximum absolute atomic E-state index is 6.08. The van der Waals surface area contributed by atoms with Crippen molar-refractivity contribution >= 4 is 7.85 Å². The first-order chi connectivity index (χ1) is 1.91. The molecule has 0 aliphatic heterocycles. The number of hydrogen-bond acceptors (Lipinski definition) is 0. The zero-order chi connectivity index (χ0) is 3.41. The van der Waals surface area contributed by atoms with Crippen molar-refractivity contribution in [2.24, 2.45) is 0 Å². The van der Waals surface area contributed by atoms with E-state index in [9.17, 15) is 0 Å². The van der Waals surface area contributed by atoms with Gasteiger partial charge in [-0.05, 0) is 0 Å². The number of hydrogen-bond donors (Lipinski definition) is 0. The van der Waals surface area contributed by atoms with Crippen molar-refractivity contribution in [1.82, 2.24) is 0 Å². The average Bonchev–Trinajstić information content (AvgIpc) is 1.37. The Morgan fingerprint density at radius 3 is 2.25 bits per heavy atom. The quantitative estimate of drug-likeness (QED) is 0.259. The predicted octanol–water partition coefficient (Wildman–Crippen LogP) is -0.504. The summed E-state index contributed by atoms with van der Waals surface area (Å²) < 4.78 is 0. The van der Waals surface area contributed by atoms with E-state index in [1.54, 1.807) is 0 Å². The molecule has 0 aromatic rings. The van der Waals surface area contributed by atoms with E-state index >= 15 is 0 Å². The first-order valence-corrected chi connectivity index (χ1v) is 1.25. The van der Waals surface area contributed by atoms with Crippen molar-refractivity contribution in [1.29, 1.82) is 0 Å². The highest BCUT2D eigenvalue weighted by Gasteiger charge is 1.53. The lowest BCUT2D eigenvalue weighted by Gasteiger charge is -1.50. The Labute approximate surface area is 26.9 Å². The molecule has 2 heteroatoms. The molecule has 0 amide bonds. The van der Waals surface area contributed by atoms with E-state index < -0.39 is 0 Å². The molecule has 0 rings (SSSR count). The summed E-state index contributed by atoms with van der Waals surface area (Å²) >= 11 is 0. The minimum absolute atomic E-state index is 0.611. The molecule has 0 fully saturated rings. The minimum atomic E-state index is 0.611. The van der Waals surface area contributed by atoms with Gasteiger partial charge in [0.1, 0.15) is 0 Å². The Kier molecular flexibility index (Phi) is 2.27. The van der Waals surface area contributed by atoms with Crippen molar-refractivity contribution in [3.63, 3.8) is 0 Å². The lowest BCUT2D eigenvalue weighted by molar-refractivity contribution is 1.77. The molecule has 20 valence electrons. The van der Waals surface area contributed by atoms with Crippen LogP contribution >= 0.6 is 0 Å². The third-order valence-corrected chi connectivity index (χ3v) is 0.158. The van der Waals surface area contributed by atoms with Gasteiger partial charge in [0.05, 0.1) is 0 Å². The van der Waals surface area contributed by atoms with Crippen molar-refractivity contribution in [2.45, 2.75) is 0 Å². The SMILES string of the molecule is BC[N+]#[C-]. The van der Waals surface area contributed by atoms with Crippen LogP contribution in [0.4, 0.5) is 0 Å². The molecule has 0 N–H and O–H groups in total. The molecule has 0 saturated heterocycles. The van der Waals surface area contributed by atoms with Crippen LogP contribution in [0.1, 0.15) is 0 Å². The Morgan fingerprint density at radius 1 is 2.00 bits per heavy atom. The van der Waals surface area contributed by atoms with Crippen LogP contribution in [0.15, 0.2) is 0 Å². The van der Waals surface area contributed by atoms with Gasteiger partial charge in [-0.1, -0.05) is 0 Å². The molecule has 0 aliphatic rings. The van der Waals surface area contributed by atoms with Gasteiger partial charge in [-0.3, -0.25) is 0 Å². The van der Waals surface area contributed by atoms with Gasteiger partial charge in [0.25, 0.3) is 0 Å². The fraction of sp³-hybridized carbons (Fsp3) is 0.500. The second-order valence-corrected chi connectivity index (χ2v) is 0.474. The van der Waals surface area contributed by atoms with E-state index in [4.69, 9.17) is 6.57 Å². The molecular formula is C2H4BN. The number of nitrogens with zero attached hydrogens (tertiary/aromatic N) is 1. The summed E-state index contributed by atoms with van der Waals surface area (Å²) in [6, 6.07) is 0. The van der Waals surface area contributed by atoms with Crippen LogP contribution in [0, 0.1) is 6.57 Å². The highest BCUT2D eigenvalue weighted by Crippen LogP contribution is 1.44. The molecule has 0 atom stereocenters. The molecule has 0 saturated carbocycles. The van der Waals surface area contributed by atoms with Gasteiger partial charge in [-0.2, -0.15) is 0 Å². The summed E-state index contributed by atoms with van der Waals surface area (Å²) in [5.74, 6) is 0. The van der Waals surface area contributed by atoms with Gasteiger partial charge in [0.15, 0.2) is 6.44 Å². The Bertz CT molecular complexity index is 35.8. The van der Waals surface area contributed by atoms with Crippen LogP contribution in [0.25, 0.3) is 4.85 Å². The van der Waals surface area contributed by atoms with Crippen LogP contribution in [0.5, 0.6) is 0 Å². The largest absolute Gasteiger partial charge is 0.328 e. The van der Waals surface area contributed by atoms with E-state index in [2.05, 4.69) is 4.85 Å². The summed E-state index contributed by atoms with van der Waals surface area (Å²) in [5.41, 5.74) is 0. The fourth-order valence-corrected chi connectivity index (χ4v) is 0. The van der Waals surface area contributed by atoms with Gasteiger partial charge in [-0.15, -0.1) is 0 Å². The van der Waals surface area contributed by atoms with Gasteiger partial charge < -0.3 is 4.85 Å². The van der Waals surface area contributed by atoms with E-state index in [-0.39, 0.29) is 0 Å². The molecule has 0 unspecified atom stereocenters. The highest BCUT2D eigenvalue weighted by atomic mass is 14.6. The van der Waals surface area contributed by atoms with Crippen LogP contribution in [-0.4, -0.2) is 14.3 Å². The summed E-state index contributed by atoms with van der Waals surface area (Å²) in [7, 11) is 1.83. The van der Waals surface area contributed by atoms with Gasteiger partial charge in [-0.25, -0.2) is 6.57 Å². The van der Waals surface area contributed by atoms with Gasteiger partial charge >= 0.3 is 0 Å². The number of rotatable bonds is 0. The first-order valence-electron chi connectivity index (χ1n) is 1.25. The normalized spacial score (nSPS) is 4.75. The third kappa shape index (κ3) is 1.55. The van der Waals surface area contributed by atoms with Crippen LogP contribution in [0.3, 0.4) is 0 Å². The zero-order valence-corrected chi connectivity index (χ0v) is 2.65. The van der Waals surface area contributed by atoms with Crippen molar-refractivity contribution in [3.8, 4) is 0 Å². The van der Waals surface area contributed by atoms with E-state index in [1.165, 1.54) is 0 Å². The molecule has 1 nitrogen and oxygen atoms in total. The lowest BCUT2D eigenvalue weighted by atomic mass is 10.2. The van der Waals surface area contributed by atoms with E-state index in [0.717, 1.165) is 0 Å². The Hall–Kier alpha value is -0.445. The highest BCUT2D eigenvalue weighted by molar-refractivity contribution is 6.09. The molecule has 0 aromatic carbocycles. The van der Waals surface area contributed by atoms with E-state index in [0.29, 0.717) is 6.44 Å². The molecule has 0 aromatic heterocycles. The molecule has 0 aliphatic carbocycles. The lowest BCUT2D eigenvalue weighted by Crippen LogP contribution is -1.61. The molecule has 0 bridgehead atoms. The summed E-state index contributed by atoms with van der Waals surface area (Å²) in [4.78, 5) is 2.99. The Morgan fingerprint density at radius 2 is 2.25 bits per heavy atom. The van der Waals surface area contributed by atoms with Crippen LogP contribution in [-0.2, 0) is 0 Å².